The molecule has 1 aromatic rings. The van der Waals surface area contributed by atoms with Gasteiger partial charge in [0, 0.05) is 40.5 Å². The first-order chi connectivity index (χ1) is 11.3. The van der Waals surface area contributed by atoms with Gasteiger partial charge in [0.1, 0.15) is 0 Å². The number of methoxy groups -OCH3 is 1. The lowest BCUT2D eigenvalue weighted by molar-refractivity contribution is 0.129. The molecule has 0 aromatic heterocycles. The van der Waals surface area contributed by atoms with Crippen LogP contribution < -0.4 is 10.6 Å². The molecule has 0 bridgehead atoms. The van der Waals surface area contributed by atoms with E-state index in [2.05, 4.69) is 46.8 Å². The Morgan fingerprint density at radius 2 is 1.74 bits per heavy atom. The van der Waals surface area contributed by atoms with Gasteiger partial charge in [-0.2, -0.15) is 0 Å². The lowest BCUT2D eigenvalue weighted by Crippen LogP contribution is -2.37. The van der Waals surface area contributed by atoms with Gasteiger partial charge in [-0.1, -0.05) is 37.6 Å². The number of guanidine groups is 1. The molecular weight excluding hydrogens is 290 g/mol. The molecule has 0 aliphatic heterocycles. The van der Waals surface area contributed by atoms with E-state index in [4.69, 9.17) is 9.47 Å². The molecule has 5 nitrogen and oxygen atoms in total. The summed E-state index contributed by atoms with van der Waals surface area (Å²) >= 11 is 0. The van der Waals surface area contributed by atoms with Crippen LogP contribution >= 0.6 is 0 Å². The van der Waals surface area contributed by atoms with Crippen LogP contribution in [0.1, 0.15) is 37.3 Å². The molecule has 0 unspecified atom stereocenters. The molecule has 0 radical (unpaired) electrons. The lowest BCUT2D eigenvalue weighted by Gasteiger charge is -2.12. The number of hydrogen-bond donors (Lipinski definition) is 2. The summed E-state index contributed by atoms with van der Waals surface area (Å²) in [6.07, 6.45) is 3.30. The highest BCUT2D eigenvalue weighted by Gasteiger charge is 1.99. The van der Waals surface area contributed by atoms with E-state index in [1.165, 1.54) is 17.5 Å². The number of nitrogens with zero attached hydrogens (tertiary/aromatic N) is 1. The van der Waals surface area contributed by atoms with E-state index in [0.29, 0.717) is 6.61 Å². The molecule has 0 aliphatic carbocycles. The molecule has 0 saturated heterocycles. The van der Waals surface area contributed by atoms with Crippen molar-refractivity contribution in [3.05, 3.63) is 35.4 Å². The molecule has 0 atom stereocenters. The highest BCUT2D eigenvalue weighted by atomic mass is 16.5. The van der Waals surface area contributed by atoms with Crippen molar-refractivity contribution in [3.8, 4) is 0 Å². The predicted octanol–water partition coefficient (Wildman–Crippen LogP) is 2.70. The van der Waals surface area contributed by atoms with Gasteiger partial charge in [0.25, 0.3) is 0 Å². The first-order valence-electron chi connectivity index (χ1n) is 8.39. The standard InChI is InChI=1S/C18H31N3O2/c1-4-5-12-23-13-6-11-20-18(19-2)21-14-16-7-9-17(10-8-16)15-22-3/h7-10H,4-6,11-15H2,1-3H3,(H2,19,20,21). The average molecular weight is 321 g/mol. The highest BCUT2D eigenvalue weighted by molar-refractivity contribution is 5.79. The fourth-order valence-electron chi connectivity index (χ4n) is 2.06. The van der Waals surface area contributed by atoms with Gasteiger partial charge in [-0.3, -0.25) is 4.99 Å². The van der Waals surface area contributed by atoms with Crippen LogP contribution in [0.25, 0.3) is 0 Å². The second-order valence-electron chi connectivity index (χ2n) is 5.42. The SMILES string of the molecule is CCCCOCCCNC(=NC)NCc1ccc(COC)cc1. The van der Waals surface area contributed by atoms with Crippen LogP contribution in [0, 0.1) is 0 Å². The van der Waals surface area contributed by atoms with Gasteiger partial charge in [-0.15, -0.1) is 0 Å². The molecule has 130 valence electrons. The van der Waals surface area contributed by atoms with Gasteiger partial charge in [0.15, 0.2) is 5.96 Å². The Balaban J connectivity index is 2.18. The van der Waals surface area contributed by atoms with Crippen LogP contribution in [0.2, 0.25) is 0 Å². The molecule has 1 aromatic carbocycles. The van der Waals surface area contributed by atoms with Crippen molar-refractivity contribution in [1.29, 1.82) is 0 Å². The minimum Gasteiger partial charge on any atom is -0.381 e. The molecule has 0 heterocycles. The van der Waals surface area contributed by atoms with Crippen molar-refractivity contribution < 1.29 is 9.47 Å². The Bertz CT molecular complexity index is 432. The maximum atomic E-state index is 5.54. The summed E-state index contributed by atoms with van der Waals surface area (Å²) in [5.41, 5.74) is 2.40. The molecular formula is C18H31N3O2. The van der Waals surface area contributed by atoms with Crippen LogP contribution in [0.5, 0.6) is 0 Å². The van der Waals surface area contributed by atoms with E-state index >= 15 is 0 Å². The Kier molecular flexibility index (Phi) is 10.9. The molecule has 5 heteroatoms. The second-order valence-corrected chi connectivity index (χ2v) is 5.42. The summed E-state index contributed by atoms with van der Waals surface area (Å²) in [4.78, 5) is 4.23. The topological polar surface area (TPSA) is 54.9 Å². The van der Waals surface area contributed by atoms with Crippen LogP contribution in [-0.2, 0) is 22.6 Å². The van der Waals surface area contributed by atoms with Crippen molar-refractivity contribution in [2.45, 2.75) is 39.3 Å². The number of benzene rings is 1. The number of aliphatic imine (C=N–C) groups is 1. The number of rotatable bonds is 11. The molecule has 0 aliphatic rings. The van der Waals surface area contributed by atoms with Gasteiger partial charge in [0.2, 0.25) is 0 Å². The van der Waals surface area contributed by atoms with E-state index in [1.807, 2.05) is 0 Å². The normalized spacial score (nSPS) is 11.5. The monoisotopic (exact) mass is 321 g/mol. The van der Waals surface area contributed by atoms with Crippen LogP contribution in [0.3, 0.4) is 0 Å². The van der Waals surface area contributed by atoms with Crippen molar-refractivity contribution >= 4 is 5.96 Å². The first-order valence-corrected chi connectivity index (χ1v) is 8.39. The maximum absolute atomic E-state index is 5.54. The van der Waals surface area contributed by atoms with E-state index in [0.717, 1.165) is 45.1 Å². The third-order valence-corrected chi connectivity index (χ3v) is 3.42. The van der Waals surface area contributed by atoms with E-state index in [9.17, 15) is 0 Å². The molecule has 1 rings (SSSR count). The Morgan fingerprint density at radius 1 is 1.04 bits per heavy atom. The third-order valence-electron chi connectivity index (χ3n) is 3.42. The second kappa shape index (κ2) is 12.9. The van der Waals surface area contributed by atoms with Gasteiger partial charge >= 0.3 is 0 Å². The summed E-state index contributed by atoms with van der Waals surface area (Å²) in [7, 11) is 3.49. The summed E-state index contributed by atoms with van der Waals surface area (Å²) in [5.74, 6) is 0.819. The fraction of sp³-hybridized carbons (Fsp3) is 0.611. The maximum Gasteiger partial charge on any atom is 0.191 e. The molecule has 23 heavy (non-hydrogen) atoms. The average Bonchev–Trinajstić information content (AvgIpc) is 2.58. The third kappa shape index (κ3) is 9.21. The number of nitrogens with one attached hydrogen (secondary N) is 2. The summed E-state index contributed by atoms with van der Waals surface area (Å²) in [5, 5.41) is 6.62. The van der Waals surface area contributed by atoms with Crippen molar-refractivity contribution in [2.24, 2.45) is 4.99 Å². The quantitative estimate of drug-likeness (QED) is 0.374. The first kappa shape index (κ1) is 19.5. The Labute approximate surface area is 140 Å². The van der Waals surface area contributed by atoms with E-state index < -0.39 is 0 Å². The number of ether oxygens (including phenoxy) is 2. The zero-order chi connectivity index (χ0) is 16.8. The zero-order valence-electron chi connectivity index (χ0n) is 14.7. The van der Waals surface area contributed by atoms with E-state index in [-0.39, 0.29) is 0 Å². The van der Waals surface area contributed by atoms with E-state index in [1.54, 1.807) is 14.2 Å². The van der Waals surface area contributed by atoms with Crippen molar-refractivity contribution in [3.63, 3.8) is 0 Å². The van der Waals surface area contributed by atoms with Gasteiger partial charge < -0.3 is 20.1 Å². The number of hydrogen-bond acceptors (Lipinski definition) is 3. The van der Waals surface area contributed by atoms with Crippen LogP contribution in [-0.4, -0.2) is 39.9 Å². The lowest BCUT2D eigenvalue weighted by atomic mass is 10.1. The largest absolute Gasteiger partial charge is 0.381 e. The smallest absolute Gasteiger partial charge is 0.191 e. The Hall–Kier alpha value is -1.59. The van der Waals surface area contributed by atoms with Gasteiger partial charge in [0.05, 0.1) is 6.61 Å². The molecule has 0 saturated carbocycles. The van der Waals surface area contributed by atoms with Crippen molar-refractivity contribution in [2.75, 3.05) is 33.9 Å². The highest BCUT2D eigenvalue weighted by Crippen LogP contribution is 2.05. The zero-order valence-corrected chi connectivity index (χ0v) is 14.7. The summed E-state index contributed by atoms with van der Waals surface area (Å²) in [6.45, 7) is 6.09. The fourth-order valence-corrected chi connectivity index (χ4v) is 2.06. The minimum absolute atomic E-state index is 0.650. The molecule has 2 N–H and O–H groups in total. The number of unbranched alkanes of at least 4 members (excludes halogenated alkanes) is 1. The van der Waals surface area contributed by atoms with Crippen molar-refractivity contribution in [1.82, 2.24) is 10.6 Å². The van der Waals surface area contributed by atoms with Gasteiger partial charge in [-0.05, 0) is 24.0 Å². The molecule has 0 spiro atoms. The summed E-state index contributed by atoms with van der Waals surface area (Å²) in [6, 6.07) is 8.39. The Morgan fingerprint density at radius 3 is 2.39 bits per heavy atom. The summed E-state index contributed by atoms with van der Waals surface area (Å²) < 4.78 is 10.7. The molecule has 0 amide bonds. The molecule has 0 fully saturated rings. The van der Waals surface area contributed by atoms with Crippen LogP contribution in [0.15, 0.2) is 29.3 Å². The van der Waals surface area contributed by atoms with Crippen LogP contribution in [0.4, 0.5) is 0 Å². The predicted molar refractivity (Wildman–Crippen MR) is 95.7 cm³/mol. The van der Waals surface area contributed by atoms with Gasteiger partial charge in [-0.25, -0.2) is 0 Å². The minimum atomic E-state index is 0.650.